The van der Waals surface area contributed by atoms with Crippen LogP contribution in [0.5, 0.6) is 0 Å². The van der Waals surface area contributed by atoms with Crippen LogP contribution in [-0.2, 0) is 10.0 Å². The summed E-state index contributed by atoms with van der Waals surface area (Å²) in [5, 5.41) is 0.680. The van der Waals surface area contributed by atoms with Crippen LogP contribution < -0.4 is 16.0 Å². The van der Waals surface area contributed by atoms with Gasteiger partial charge in [0.05, 0.1) is 5.75 Å². The van der Waals surface area contributed by atoms with Crippen molar-refractivity contribution in [3.63, 3.8) is 0 Å². The molecule has 0 radical (unpaired) electrons. The molecular formula is C22H28N6O3S. The first kappa shape index (κ1) is 22.2. The summed E-state index contributed by atoms with van der Waals surface area (Å²) >= 11 is 0. The minimum Gasteiger partial charge on any atom is -0.368 e. The molecule has 3 aromatic heterocycles. The first-order valence-corrected chi connectivity index (χ1v) is 12.5. The highest BCUT2D eigenvalue weighted by molar-refractivity contribution is 7.92. The largest absolute Gasteiger partial charge is 0.368 e. The van der Waals surface area contributed by atoms with Crippen LogP contribution in [0.25, 0.3) is 22.2 Å². The molecular weight excluding hydrogens is 428 g/mol. The predicted molar refractivity (Wildman–Crippen MR) is 126 cm³/mol. The van der Waals surface area contributed by atoms with Gasteiger partial charge < -0.3 is 5.73 Å². The highest BCUT2D eigenvalue weighted by atomic mass is 32.2. The molecule has 0 amide bonds. The highest BCUT2D eigenvalue weighted by Gasteiger charge is 2.22. The van der Waals surface area contributed by atoms with Gasteiger partial charge >= 0.3 is 0 Å². The van der Waals surface area contributed by atoms with Gasteiger partial charge in [-0.2, -0.15) is 4.98 Å². The van der Waals surface area contributed by atoms with Crippen molar-refractivity contribution in [1.82, 2.24) is 19.5 Å². The molecule has 4 rings (SSSR count). The maximum atomic E-state index is 13.2. The third-order valence-electron chi connectivity index (χ3n) is 5.82. The number of rotatable bonds is 6. The van der Waals surface area contributed by atoms with Gasteiger partial charge in [0.15, 0.2) is 0 Å². The number of pyridine rings is 2. The third-order valence-corrected chi connectivity index (χ3v) is 7.25. The molecule has 1 aliphatic carbocycles. The molecule has 9 nitrogen and oxygen atoms in total. The van der Waals surface area contributed by atoms with Gasteiger partial charge in [0, 0.05) is 34.9 Å². The van der Waals surface area contributed by atoms with Gasteiger partial charge in [-0.1, -0.05) is 19.3 Å². The first-order chi connectivity index (χ1) is 15.2. The van der Waals surface area contributed by atoms with Crippen molar-refractivity contribution < 1.29 is 8.42 Å². The molecule has 1 aliphatic rings. The summed E-state index contributed by atoms with van der Waals surface area (Å²) in [5.74, 6) is 0.656. The molecule has 3 aromatic rings. The van der Waals surface area contributed by atoms with E-state index in [4.69, 9.17) is 5.73 Å². The van der Waals surface area contributed by atoms with Crippen LogP contribution in [0.2, 0.25) is 0 Å². The number of aromatic nitrogens is 4. The van der Waals surface area contributed by atoms with E-state index in [1.807, 2.05) is 13.8 Å². The van der Waals surface area contributed by atoms with Crippen LogP contribution in [0.1, 0.15) is 52.0 Å². The van der Waals surface area contributed by atoms with E-state index in [1.165, 1.54) is 12.6 Å². The maximum Gasteiger partial charge on any atom is 0.260 e. The molecule has 0 aromatic carbocycles. The van der Waals surface area contributed by atoms with E-state index >= 15 is 0 Å². The fraction of sp³-hybridized carbons (Fsp3) is 0.455. The Bertz CT molecular complexity index is 1280. The van der Waals surface area contributed by atoms with Gasteiger partial charge in [-0.25, -0.2) is 18.4 Å². The van der Waals surface area contributed by atoms with Gasteiger partial charge in [0.1, 0.15) is 11.5 Å². The lowest BCUT2D eigenvalue weighted by Gasteiger charge is -2.21. The van der Waals surface area contributed by atoms with Crippen LogP contribution in [0.15, 0.2) is 35.4 Å². The second kappa shape index (κ2) is 8.85. The molecule has 0 aliphatic heterocycles. The molecule has 3 heterocycles. The summed E-state index contributed by atoms with van der Waals surface area (Å²) in [4.78, 5) is 25.7. The van der Waals surface area contributed by atoms with Gasteiger partial charge in [-0.05, 0) is 50.8 Å². The van der Waals surface area contributed by atoms with Crippen LogP contribution in [-0.4, -0.2) is 33.7 Å². The number of hydrogen-bond acceptors (Lipinski definition) is 7. The SMILES string of the molecule is CC(C)n1c(=O)c(-c2ccc(NS(=O)(=O)CC3CCCCC3)nc2)cc2cnc(N)nc21. The Kier molecular flexibility index (Phi) is 6.14. The van der Waals surface area contributed by atoms with E-state index in [9.17, 15) is 13.2 Å². The number of nitrogens with two attached hydrogens (primary N) is 1. The van der Waals surface area contributed by atoms with E-state index in [-0.39, 0.29) is 35.0 Å². The molecule has 0 atom stereocenters. The molecule has 10 heteroatoms. The molecule has 32 heavy (non-hydrogen) atoms. The van der Waals surface area contributed by atoms with Crippen molar-refractivity contribution >= 4 is 32.8 Å². The molecule has 0 unspecified atom stereocenters. The van der Waals surface area contributed by atoms with Crippen LogP contribution in [0, 0.1) is 5.92 Å². The van der Waals surface area contributed by atoms with Crippen molar-refractivity contribution in [2.45, 2.75) is 52.0 Å². The van der Waals surface area contributed by atoms with Gasteiger partial charge in [0.2, 0.25) is 16.0 Å². The Morgan fingerprint density at radius 1 is 1.16 bits per heavy atom. The number of nitrogens with one attached hydrogen (secondary N) is 1. The minimum absolute atomic E-state index is 0.102. The van der Waals surface area contributed by atoms with Gasteiger partial charge in [-0.3, -0.25) is 14.1 Å². The zero-order valence-corrected chi connectivity index (χ0v) is 19.1. The van der Waals surface area contributed by atoms with Crippen LogP contribution in [0.4, 0.5) is 11.8 Å². The third kappa shape index (κ3) is 4.74. The number of fused-ring (bicyclic) bond motifs is 1. The van der Waals surface area contributed by atoms with Crippen LogP contribution >= 0.6 is 0 Å². The Morgan fingerprint density at radius 3 is 2.56 bits per heavy atom. The number of anilines is 2. The average molecular weight is 457 g/mol. The Labute approximate surface area is 187 Å². The van der Waals surface area contributed by atoms with Gasteiger partial charge in [-0.15, -0.1) is 0 Å². The van der Waals surface area contributed by atoms with E-state index in [1.54, 1.807) is 29.0 Å². The van der Waals surface area contributed by atoms with Crippen LogP contribution in [0.3, 0.4) is 0 Å². The summed E-state index contributed by atoms with van der Waals surface area (Å²) in [6.45, 7) is 3.79. The lowest BCUT2D eigenvalue weighted by molar-refractivity contribution is 0.385. The molecule has 170 valence electrons. The topological polar surface area (TPSA) is 133 Å². The van der Waals surface area contributed by atoms with Crippen molar-refractivity contribution in [2.75, 3.05) is 16.2 Å². The first-order valence-electron chi connectivity index (χ1n) is 10.9. The van der Waals surface area contributed by atoms with Crippen molar-refractivity contribution in [1.29, 1.82) is 0 Å². The van der Waals surface area contributed by atoms with E-state index < -0.39 is 10.0 Å². The average Bonchev–Trinajstić information content (AvgIpc) is 2.74. The fourth-order valence-corrected chi connectivity index (χ4v) is 5.77. The standard InChI is InChI=1S/C22H28N6O3S/c1-14(2)28-20-17(12-25-22(23)26-20)10-18(21(28)29)16-8-9-19(24-11-16)27-32(30,31)13-15-6-4-3-5-7-15/h8-12,14-15H,3-7,13H2,1-2H3,(H,24,27)(H2,23,25,26). The number of nitrogens with zero attached hydrogens (tertiary/aromatic N) is 4. The maximum absolute atomic E-state index is 13.2. The molecule has 1 fully saturated rings. The second-order valence-corrected chi connectivity index (χ2v) is 10.4. The summed E-state index contributed by atoms with van der Waals surface area (Å²) in [6.07, 6.45) is 8.35. The summed E-state index contributed by atoms with van der Waals surface area (Å²) in [5.41, 5.74) is 6.98. The van der Waals surface area contributed by atoms with E-state index in [0.29, 0.717) is 22.2 Å². The van der Waals surface area contributed by atoms with Crippen molar-refractivity contribution in [3.8, 4) is 11.1 Å². The number of sulfonamides is 1. The zero-order chi connectivity index (χ0) is 22.9. The molecule has 0 spiro atoms. The lowest BCUT2D eigenvalue weighted by atomic mass is 9.91. The Morgan fingerprint density at radius 2 is 1.91 bits per heavy atom. The fourth-order valence-electron chi connectivity index (χ4n) is 4.30. The summed E-state index contributed by atoms with van der Waals surface area (Å²) < 4.78 is 29.2. The number of nitrogen functional groups attached to an aromatic ring is 1. The smallest absolute Gasteiger partial charge is 0.260 e. The second-order valence-electron chi connectivity index (χ2n) is 8.65. The minimum atomic E-state index is -3.48. The van der Waals surface area contributed by atoms with E-state index in [2.05, 4.69) is 19.7 Å². The lowest BCUT2D eigenvalue weighted by Crippen LogP contribution is -2.25. The van der Waals surface area contributed by atoms with Gasteiger partial charge in [0.25, 0.3) is 5.56 Å². The normalized spacial score (nSPS) is 15.3. The predicted octanol–water partition coefficient (Wildman–Crippen LogP) is 3.34. The molecule has 0 bridgehead atoms. The summed E-state index contributed by atoms with van der Waals surface area (Å²) in [6, 6.07) is 4.84. The molecule has 1 saturated carbocycles. The Hall–Kier alpha value is -3.01. The van der Waals surface area contributed by atoms with E-state index in [0.717, 1.165) is 25.7 Å². The van der Waals surface area contributed by atoms with Crippen molar-refractivity contribution in [2.24, 2.45) is 5.92 Å². The summed E-state index contributed by atoms with van der Waals surface area (Å²) in [7, 11) is -3.48. The molecule has 3 N–H and O–H groups in total. The highest BCUT2D eigenvalue weighted by Crippen LogP contribution is 2.26. The zero-order valence-electron chi connectivity index (χ0n) is 18.3. The van der Waals surface area contributed by atoms with Crippen molar-refractivity contribution in [3.05, 3.63) is 40.9 Å². The quantitative estimate of drug-likeness (QED) is 0.581. The molecule has 0 saturated heterocycles. The number of hydrogen-bond donors (Lipinski definition) is 2. The Balaban J connectivity index is 1.62. The monoisotopic (exact) mass is 456 g/mol.